The van der Waals surface area contributed by atoms with Gasteiger partial charge in [-0.25, -0.2) is 0 Å². The molecule has 0 aliphatic rings. The van der Waals surface area contributed by atoms with Crippen molar-refractivity contribution in [2.45, 2.75) is 25.7 Å². The van der Waals surface area contributed by atoms with Gasteiger partial charge in [-0.1, -0.05) is 31.5 Å². The summed E-state index contributed by atoms with van der Waals surface area (Å²) in [5, 5.41) is 0. The molecule has 2 aromatic carbocycles. The molecule has 0 aromatic heterocycles. The summed E-state index contributed by atoms with van der Waals surface area (Å²) in [5.41, 5.74) is 2.96. The highest BCUT2D eigenvalue weighted by atomic mass is 32.2. The zero-order chi connectivity index (χ0) is 16.8. The number of ether oxygens (including phenoxy) is 1. The second-order valence-corrected chi connectivity index (χ2v) is 7.21. The lowest BCUT2D eigenvalue weighted by atomic mass is 10.1. The highest BCUT2D eigenvalue weighted by Gasteiger charge is 2.12. The maximum Gasteiger partial charge on any atom is 0.119 e. The van der Waals surface area contributed by atoms with Crippen LogP contribution < -0.4 is 4.74 Å². The smallest absolute Gasteiger partial charge is 0.119 e. The Hall–Kier alpha value is -1.94. The number of nitrogens with zero attached hydrogens (tertiary/aromatic N) is 1. The molecule has 0 fully saturated rings. The fraction of sp³-hybridized carbons (Fsp3) is 0.316. The first-order valence-electron chi connectivity index (χ1n) is 7.66. The quantitative estimate of drug-likeness (QED) is 0.730. The van der Waals surface area contributed by atoms with Gasteiger partial charge in [0.25, 0.3) is 0 Å². The summed E-state index contributed by atoms with van der Waals surface area (Å²) in [5.74, 6) is 1.50. The monoisotopic (exact) mass is 329 g/mol. The summed E-state index contributed by atoms with van der Waals surface area (Å²) >= 11 is 0. The maximum absolute atomic E-state index is 12.6. The van der Waals surface area contributed by atoms with Gasteiger partial charge in [0.2, 0.25) is 0 Å². The summed E-state index contributed by atoms with van der Waals surface area (Å²) in [6, 6.07) is 15.4. The molecule has 4 heteroatoms. The van der Waals surface area contributed by atoms with E-state index in [0.717, 1.165) is 22.0 Å². The largest absolute Gasteiger partial charge is 0.497 e. The van der Waals surface area contributed by atoms with Crippen molar-refractivity contribution in [2.75, 3.05) is 12.9 Å². The van der Waals surface area contributed by atoms with E-state index >= 15 is 0 Å². The van der Waals surface area contributed by atoms with Crippen molar-refractivity contribution in [3.05, 3.63) is 54.1 Å². The van der Waals surface area contributed by atoms with Gasteiger partial charge in [-0.2, -0.15) is 0 Å². The Bertz CT molecular complexity index is 688. The molecule has 122 valence electrons. The van der Waals surface area contributed by atoms with Gasteiger partial charge in [0.05, 0.1) is 29.3 Å². The second-order valence-electron chi connectivity index (χ2n) is 5.76. The zero-order valence-corrected chi connectivity index (χ0v) is 14.9. The molecule has 0 aliphatic heterocycles. The van der Waals surface area contributed by atoms with Crippen LogP contribution in [0.4, 0.5) is 5.69 Å². The van der Waals surface area contributed by atoms with E-state index < -0.39 is 10.8 Å². The van der Waals surface area contributed by atoms with Crippen LogP contribution in [-0.2, 0) is 10.8 Å². The number of methoxy groups -OCH3 is 1. The fourth-order valence-corrected chi connectivity index (χ4v) is 3.33. The highest BCUT2D eigenvalue weighted by molar-refractivity contribution is 7.85. The van der Waals surface area contributed by atoms with Crippen molar-refractivity contribution in [2.24, 2.45) is 10.9 Å². The first-order valence-corrected chi connectivity index (χ1v) is 8.98. The van der Waals surface area contributed by atoms with Gasteiger partial charge >= 0.3 is 0 Å². The van der Waals surface area contributed by atoms with E-state index in [2.05, 4.69) is 18.8 Å². The molecule has 2 rings (SSSR count). The Morgan fingerprint density at radius 1 is 1.09 bits per heavy atom. The van der Waals surface area contributed by atoms with Gasteiger partial charge in [0.15, 0.2) is 0 Å². The third-order valence-corrected chi connectivity index (χ3v) is 4.93. The van der Waals surface area contributed by atoms with Crippen LogP contribution in [0.15, 0.2) is 58.4 Å². The van der Waals surface area contributed by atoms with Crippen LogP contribution in [0.25, 0.3) is 0 Å². The van der Waals surface area contributed by atoms with Crippen molar-refractivity contribution in [3.63, 3.8) is 0 Å². The van der Waals surface area contributed by atoms with E-state index in [9.17, 15) is 4.21 Å². The molecular weight excluding hydrogens is 306 g/mol. The molecule has 1 unspecified atom stereocenters. The summed E-state index contributed by atoms with van der Waals surface area (Å²) in [6.07, 6.45) is 0. The van der Waals surface area contributed by atoms with Gasteiger partial charge in [-0.05, 0) is 49.2 Å². The topological polar surface area (TPSA) is 38.7 Å². The van der Waals surface area contributed by atoms with Crippen molar-refractivity contribution >= 4 is 22.2 Å². The molecule has 0 aliphatic carbocycles. The zero-order valence-electron chi connectivity index (χ0n) is 14.1. The molecule has 0 saturated carbocycles. The molecule has 0 bridgehead atoms. The first kappa shape index (κ1) is 17.4. The molecule has 2 aromatic rings. The van der Waals surface area contributed by atoms with Crippen LogP contribution in [-0.4, -0.2) is 22.8 Å². The average molecular weight is 329 g/mol. The third-order valence-electron chi connectivity index (χ3n) is 3.57. The molecular formula is C19H23NO2S. The number of aliphatic imine (C=N–C) groups is 1. The van der Waals surface area contributed by atoms with Gasteiger partial charge in [-0.3, -0.25) is 9.20 Å². The molecule has 23 heavy (non-hydrogen) atoms. The Kier molecular flexibility index (Phi) is 6.11. The Morgan fingerprint density at radius 2 is 1.70 bits per heavy atom. The minimum absolute atomic E-state index is 0.242. The van der Waals surface area contributed by atoms with Crippen LogP contribution in [0.5, 0.6) is 5.75 Å². The molecule has 0 amide bonds. The molecule has 0 N–H and O–H groups in total. The third kappa shape index (κ3) is 5.03. The number of hydrogen-bond donors (Lipinski definition) is 0. The fourth-order valence-electron chi connectivity index (χ4n) is 2.06. The first-order chi connectivity index (χ1) is 11.0. The molecule has 0 radical (unpaired) electrons. The van der Waals surface area contributed by atoms with Gasteiger partial charge in [-0.15, -0.1) is 0 Å². The standard InChI is InChI=1S/C19H23NO2S/c1-14(2)19(20-16-7-9-17(22-4)10-8-16)13-23(21)18-11-5-15(3)6-12-18/h5-12,14H,13H2,1-4H3. The van der Waals surface area contributed by atoms with Gasteiger partial charge in [0, 0.05) is 10.6 Å². The van der Waals surface area contributed by atoms with Crippen LogP contribution in [0.1, 0.15) is 19.4 Å². The highest BCUT2D eigenvalue weighted by Crippen LogP contribution is 2.20. The Labute approximate surface area is 140 Å². The molecule has 0 spiro atoms. The normalized spacial score (nSPS) is 13.2. The molecule has 0 saturated heterocycles. The van der Waals surface area contributed by atoms with E-state index in [4.69, 9.17) is 4.74 Å². The minimum atomic E-state index is -1.08. The van der Waals surface area contributed by atoms with Crippen LogP contribution >= 0.6 is 0 Å². The van der Waals surface area contributed by atoms with Crippen LogP contribution in [0.2, 0.25) is 0 Å². The summed E-state index contributed by atoms with van der Waals surface area (Å²) in [6.45, 7) is 6.18. The molecule has 1 atom stereocenters. The second kappa shape index (κ2) is 8.06. The van der Waals surface area contributed by atoms with Crippen LogP contribution in [0, 0.1) is 12.8 Å². The Morgan fingerprint density at radius 3 is 2.22 bits per heavy atom. The average Bonchev–Trinajstić information content (AvgIpc) is 2.55. The van der Waals surface area contributed by atoms with E-state index in [1.54, 1.807) is 7.11 Å². The lowest BCUT2D eigenvalue weighted by Gasteiger charge is -2.11. The summed E-state index contributed by atoms with van der Waals surface area (Å²) in [7, 11) is 0.564. The number of hydrogen-bond acceptors (Lipinski definition) is 3. The van der Waals surface area contributed by atoms with Crippen molar-refractivity contribution in [1.29, 1.82) is 0 Å². The predicted molar refractivity (Wildman–Crippen MR) is 97.4 cm³/mol. The van der Waals surface area contributed by atoms with Crippen molar-refractivity contribution in [1.82, 2.24) is 0 Å². The van der Waals surface area contributed by atoms with E-state index in [1.807, 2.05) is 55.5 Å². The lowest BCUT2D eigenvalue weighted by Crippen LogP contribution is -2.16. The van der Waals surface area contributed by atoms with Crippen LogP contribution in [0.3, 0.4) is 0 Å². The Balaban J connectivity index is 2.18. The van der Waals surface area contributed by atoms with E-state index in [-0.39, 0.29) is 5.92 Å². The lowest BCUT2D eigenvalue weighted by molar-refractivity contribution is 0.415. The van der Waals surface area contributed by atoms with Gasteiger partial charge in [0.1, 0.15) is 5.75 Å². The van der Waals surface area contributed by atoms with Gasteiger partial charge < -0.3 is 4.74 Å². The number of rotatable bonds is 6. The minimum Gasteiger partial charge on any atom is -0.497 e. The van der Waals surface area contributed by atoms with Crippen molar-refractivity contribution in [3.8, 4) is 5.75 Å². The summed E-state index contributed by atoms with van der Waals surface area (Å²) < 4.78 is 17.7. The maximum atomic E-state index is 12.6. The predicted octanol–water partition coefficient (Wildman–Crippen LogP) is 4.54. The van der Waals surface area contributed by atoms with E-state index in [0.29, 0.717) is 5.75 Å². The summed E-state index contributed by atoms with van der Waals surface area (Å²) in [4.78, 5) is 5.53. The number of benzene rings is 2. The SMILES string of the molecule is COc1ccc(N=C(CS(=O)c2ccc(C)cc2)C(C)C)cc1. The van der Waals surface area contributed by atoms with E-state index in [1.165, 1.54) is 5.56 Å². The number of aryl methyl sites for hydroxylation is 1. The molecule has 0 heterocycles. The van der Waals surface area contributed by atoms with Crippen molar-refractivity contribution < 1.29 is 8.95 Å². The molecule has 3 nitrogen and oxygen atoms in total.